The molecule has 0 amide bonds. The minimum Gasteiger partial charge on any atom is -0.443 e. The van der Waals surface area contributed by atoms with E-state index in [1.54, 1.807) is 19.1 Å². The van der Waals surface area contributed by atoms with E-state index < -0.39 is 0 Å². The Balaban J connectivity index is 4.29. The standard InChI is InChI=1S/C12H19NO2/c1-6-8-13(9-7-2)11(5)15-12(14)10(3)4/h6-7,11H,1-3,8-9H2,4-5H3. The Kier molecular flexibility index (Phi) is 6.38. The van der Waals surface area contributed by atoms with Gasteiger partial charge in [0.25, 0.3) is 0 Å². The van der Waals surface area contributed by atoms with E-state index in [0.29, 0.717) is 18.7 Å². The summed E-state index contributed by atoms with van der Waals surface area (Å²) in [4.78, 5) is 13.2. The minimum absolute atomic E-state index is 0.301. The topological polar surface area (TPSA) is 29.5 Å². The van der Waals surface area contributed by atoms with Crippen LogP contribution in [0.5, 0.6) is 0 Å². The van der Waals surface area contributed by atoms with Gasteiger partial charge in [0.15, 0.2) is 6.23 Å². The molecular formula is C12H19NO2. The summed E-state index contributed by atoms with van der Waals surface area (Å²) in [6.45, 7) is 15.6. The van der Waals surface area contributed by atoms with Gasteiger partial charge in [-0.3, -0.25) is 4.90 Å². The lowest BCUT2D eigenvalue weighted by Crippen LogP contribution is -2.37. The highest BCUT2D eigenvalue weighted by atomic mass is 16.6. The maximum atomic E-state index is 11.3. The molecule has 1 unspecified atom stereocenters. The predicted octanol–water partition coefficient (Wildman–Crippen LogP) is 2.13. The molecule has 0 N–H and O–H groups in total. The van der Waals surface area contributed by atoms with Crippen molar-refractivity contribution in [1.29, 1.82) is 0 Å². The predicted molar refractivity (Wildman–Crippen MR) is 62.3 cm³/mol. The summed E-state index contributed by atoms with van der Waals surface area (Å²) in [5.41, 5.74) is 0.402. The molecule has 0 aromatic carbocycles. The molecule has 84 valence electrons. The molecule has 0 saturated carbocycles. The largest absolute Gasteiger partial charge is 0.443 e. The quantitative estimate of drug-likeness (QED) is 0.278. The Morgan fingerprint density at radius 3 is 2.20 bits per heavy atom. The lowest BCUT2D eigenvalue weighted by molar-refractivity contribution is -0.151. The first-order valence-corrected chi connectivity index (χ1v) is 4.85. The SMILES string of the molecule is C=CCN(CC=C)C(C)OC(=O)C(=C)C. The van der Waals surface area contributed by atoms with Crippen LogP contribution in [0.25, 0.3) is 0 Å². The Morgan fingerprint density at radius 2 is 1.87 bits per heavy atom. The van der Waals surface area contributed by atoms with E-state index in [-0.39, 0.29) is 12.2 Å². The van der Waals surface area contributed by atoms with Crippen LogP contribution >= 0.6 is 0 Å². The van der Waals surface area contributed by atoms with E-state index in [1.165, 1.54) is 0 Å². The average molecular weight is 209 g/mol. The van der Waals surface area contributed by atoms with Crippen LogP contribution in [-0.2, 0) is 9.53 Å². The Hall–Kier alpha value is -1.35. The van der Waals surface area contributed by atoms with Crippen molar-refractivity contribution in [3.8, 4) is 0 Å². The monoisotopic (exact) mass is 209 g/mol. The number of carbonyl (C=O) groups excluding carboxylic acids is 1. The van der Waals surface area contributed by atoms with Crippen LogP contribution in [0, 0.1) is 0 Å². The molecule has 0 aliphatic rings. The van der Waals surface area contributed by atoms with E-state index in [0.717, 1.165) is 0 Å². The fourth-order valence-electron chi connectivity index (χ4n) is 1.03. The molecule has 3 heteroatoms. The maximum Gasteiger partial charge on any atom is 0.334 e. The summed E-state index contributed by atoms with van der Waals surface area (Å²) in [6.07, 6.45) is 3.22. The fraction of sp³-hybridized carbons (Fsp3) is 0.417. The van der Waals surface area contributed by atoms with Gasteiger partial charge in [-0.1, -0.05) is 18.7 Å². The molecule has 0 radical (unpaired) electrons. The van der Waals surface area contributed by atoms with Crippen molar-refractivity contribution in [2.75, 3.05) is 13.1 Å². The number of carbonyl (C=O) groups is 1. The van der Waals surface area contributed by atoms with Crippen molar-refractivity contribution in [2.45, 2.75) is 20.1 Å². The third-order valence-electron chi connectivity index (χ3n) is 1.87. The van der Waals surface area contributed by atoms with Crippen molar-refractivity contribution in [1.82, 2.24) is 4.90 Å². The maximum absolute atomic E-state index is 11.3. The second-order valence-electron chi connectivity index (χ2n) is 3.32. The molecule has 0 fully saturated rings. The van der Waals surface area contributed by atoms with Crippen LogP contribution in [0.4, 0.5) is 0 Å². The van der Waals surface area contributed by atoms with Gasteiger partial charge in [-0.05, 0) is 13.8 Å². The average Bonchev–Trinajstić information content (AvgIpc) is 2.17. The van der Waals surface area contributed by atoms with Crippen molar-refractivity contribution < 1.29 is 9.53 Å². The van der Waals surface area contributed by atoms with Gasteiger partial charge in [0.05, 0.1) is 0 Å². The molecule has 0 bridgehead atoms. The van der Waals surface area contributed by atoms with Crippen molar-refractivity contribution in [3.63, 3.8) is 0 Å². The van der Waals surface area contributed by atoms with Gasteiger partial charge in [-0.2, -0.15) is 0 Å². The van der Waals surface area contributed by atoms with Crippen LogP contribution in [0.2, 0.25) is 0 Å². The normalized spacial score (nSPS) is 11.9. The van der Waals surface area contributed by atoms with Crippen LogP contribution < -0.4 is 0 Å². The number of ether oxygens (including phenoxy) is 1. The van der Waals surface area contributed by atoms with Gasteiger partial charge < -0.3 is 4.74 Å². The van der Waals surface area contributed by atoms with Gasteiger partial charge in [0, 0.05) is 18.7 Å². The molecule has 0 aromatic rings. The van der Waals surface area contributed by atoms with E-state index in [9.17, 15) is 4.79 Å². The highest BCUT2D eigenvalue weighted by Crippen LogP contribution is 2.04. The number of hydrogen-bond acceptors (Lipinski definition) is 3. The highest BCUT2D eigenvalue weighted by Gasteiger charge is 2.15. The van der Waals surface area contributed by atoms with Crippen molar-refractivity contribution in [2.24, 2.45) is 0 Å². The molecule has 0 rings (SSSR count). The molecule has 0 aliphatic carbocycles. The lowest BCUT2D eigenvalue weighted by atomic mass is 10.3. The van der Waals surface area contributed by atoms with E-state index in [4.69, 9.17) is 4.74 Å². The van der Waals surface area contributed by atoms with Crippen molar-refractivity contribution in [3.05, 3.63) is 37.5 Å². The summed E-state index contributed by atoms with van der Waals surface area (Å²) < 4.78 is 5.17. The third-order valence-corrected chi connectivity index (χ3v) is 1.87. The number of hydrogen-bond donors (Lipinski definition) is 0. The van der Waals surface area contributed by atoms with E-state index in [2.05, 4.69) is 19.7 Å². The summed E-state index contributed by atoms with van der Waals surface area (Å²) in [5, 5.41) is 0. The summed E-state index contributed by atoms with van der Waals surface area (Å²) in [6, 6.07) is 0. The summed E-state index contributed by atoms with van der Waals surface area (Å²) in [7, 11) is 0. The van der Waals surface area contributed by atoms with E-state index >= 15 is 0 Å². The Morgan fingerprint density at radius 1 is 1.40 bits per heavy atom. The second kappa shape index (κ2) is 7.01. The second-order valence-corrected chi connectivity index (χ2v) is 3.32. The molecule has 0 spiro atoms. The molecule has 3 nitrogen and oxygen atoms in total. The molecule has 0 saturated heterocycles. The van der Waals surface area contributed by atoms with Gasteiger partial charge in [0.1, 0.15) is 0 Å². The van der Waals surface area contributed by atoms with Crippen LogP contribution in [-0.4, -0.2) is 30.2 Å². The summed E-state index contributed by atoms with van der Waals surface area (Å²) >= 11 is 0. The Bertz CT molecular complexity index is 248. The fourth-order valence-corrected chi connectivity index (χ4v) is 1.03. The minimum atomic E-state index is -0.374. The Labute approximate surface area is 91.7 Å². The van der Waals surface area contributed by atoms with E-state index in [1.807, 2.05) is 11.8 Å². The molecular weight excluding hydrogens is 190 g/mol. The molecule has 15 heavy (non-hydrogen) atoms. The van der Waals surface area contributed by atoms with Crippen LogP contribution in [0.1, 0.15) is 13.8 Å². The first-order valence-electron chi connectivity index (χ1n) is 4.85. The van der Waals surface area contributed by atoms with Gasteiger partial charge in [-0.25, -0.2) is 4.79 Å². The smallest absolute Gasteiger partial charge is 0.334 e. The zero-order valence-corrected chi connectivity index (χ0v) is 9.53. The third kappa shape index (κ3) is 5.18. The van der Waals surface area contributed by atoms with Gasteiger partial charge in [0.2, 0.25) is 0 Å². The first kappa shape index (κ1) is 13.7. The first-order chi connectivity index (χ1) is 7.02. The molecule has 0 aliphatic heterocycles. The van der Waals surface area contributed by atoms with Gasteiger partial charge in [-0.15, -0.1) is 13.2 Å². The zero-order chi connectivity index (χ0) is 11.8. The van der Waals surface area contributed by atoms with Crippen LogP contribution in [0.15, 0.2) is 37.5 Å². The van der Waals surface area contributed by atoms with Gasteiger partial charge >= 0.3 is 5.97 Å². The molecule has 1 atom stereocenters. The number of nitrogens with zero attached hydrogens (tertiary/aromatic N) is 1. The number of esters is 1. The molecule has 0 aromatic heterocycles. The lowest BCUT2D eigenvalue weighted by Gasteiger charge is -2.26. The highest BCUT2D eigenvalue weighted by molar-refractivity contribution is 5.87. The van der Waals surface area contributed by atoms with Crippen molar-refractivity contribution >= 4 is 5.97 Å². The van der Waals surface area contributed by atoms with Crippen LogP contribution in [0.3, 0.4) is 0 Å². The zero-order valence-electron chi connectivity index (χ0n) is 9.53. The molecule has 0 heterocycles. The number of rotatable bonds is 7. The summed E-state index contributed by atoms with van der Waals surface area (Å²) in [5.74, 6) is -0.374.